The van der Waals surface area contributed by atoms with Crippen molar-refractivity contribution in [2.75, 3.05) is 32.1 Å². The second kappa shape index (κ2) is 6.16. The second-order valence-corrected chi connectivity index (χ2v) is 9.80. The van der Waals surface area contributed by atoms with E-state index in [9.17, 15) is 8.42 Å². The largest absolute Gasteiger partial charge is 0.370 e. The number of sulfone groups is 1. The molecule has 0 radical (unpaired) electrons. The summed E-state index contributed by atoms with van der Waals surface area (Å²) in [6.07, 6.45) is 3.93. The van der Waals surface area contributed by atoms with Gasteiger partial charge in [0.1, 0.15) is 0 Å². The molecule has 0 atom stereocenters. The van der Waals surface area contributed by atoms with Crippen LogP contribution in [0.2, 0.25) is 0 Å². The monoisotopic (exact) mass is 325 g/mol. The lowest BCUT2D eigenvalue weighted by Gasteiger charge is -2.36. The van der Waals surface area contributed by atoms with Crippen molar-refractivity contribution in [2.24, 2.45) is 0 Å². The fraction of sp³-hybridized carbons (Fsp3) is 0.688. The van der Waals surface area contributed by atoms with Gasteiger partial charge in [0.05, 0.1) is 16.6 Å². The maximum atomic E-state index is 12.4. The summed E-state index contributed by atoms with van der Waals surface area (Å²) in [4.78, 5) is 8.76. The molecule has 0 bridgehead atoms. The Balaban J connectivity index is 2.11. The molecule has 124 valence electrons. The molecule has 6 heteroatoms. The lowest BCUT2D eigenvalue weighted by Crippen LogP contribution is -2.42. The van der Waals surface area contributed by atoms with E-state index in [0.717, 1.165) is 31.6 Å². The van der Waals surface area contributed by atoms with Crippen LogP contribution >= 0.6 is 0 Å². The number of hydrogen-bond donors (Lipinski definition) is 0. The predicted octanol–water partition coefficient (Wildman–Crippen LogP) is 2.18. The van der Waals surface area contributed by atoms with E-state index in [0.29, 0.717) is 6.04 Å². The average molecular weight is 325 g/mol. The van der Waals surface area contributed by atoms with Crippen molar-refractivity contribution in [2.45, 2.75) is 49.4 Å². The number of nitrogens with zero attached hydrogens (tertiary/aromatic N) is 3. The molecule has 0 amide bonds. The summed E-state index contributed by atoms with van der Waals surface area (Å²) in [5.74, 6) is 0. The van der Waals surface area contributed by atoms with Crippen LogP contribution in [0.15, 0.2) is 23.4 Å². The van der Waals surface area contributed by atoms with Gasteiger partial charge in [0.2, 0.25) is 0 Å². The summed E-state index contributed by atoms with van der Waals surface area (Å²) < 4.78 is 23.9. The Morgan fingerprint density at radius 1 is 1.18 bits per heavy atom. The van der Waals surface area contributed by atoms with Crippen LogP contribution < -0.4 is 4.90 Å². The van der Waals surface area contributed by atoms with Crippen molar-refractivity contribution in [1.82, 2.24) is 9.88 Å². The van der Waals surface area contributed by atoms with Crippen LogP contribution in [0.1, 0.15) is 33.6 Å². The Hall–Kier alpha value is -1.14. The third-order valence-electron chi connectivity index (χ3n) is 4.36. The number of aromatic nitrogens is 1. The average Bonchev–Trinajstić information content (AvgIpc) is 2.46. The summed E-state index contributed by atoms with van der Waals surface area (Å²) in [6.45, 7) is 7.06. The van der Waals surface area contributed by atoms with Crippen molar-refractivity contribution in [3.8, 4) is 0 Å². The lowest BCUT2D eigenvalue weighted by molar-refractivity contribution is 0.249. The molecule has 0 N–H and O–H groups in total. The summed E-state index contributed by atoms with van der Waals surface area (Å²) >= 11 is 0. The zero-order valence-electron chi connectivity index (χ0n) is 14.2. The predicted molar refractivity (Wildman–Crippen MR) is 90.1 cm³/mol. The minimum atomic E-state index is -3.38. The molecule has 1 aliphatic heterocycles. The zero-order chi connectivity index (χ0) is 16.5. The van der Waals surface area contributed by atoms with Crippen LogP contribution in [0, 0.1) is 0 Å². The SMILES string of the molecule is CN(C)C1CCN(c2ccc(S(=O)(=O)C(C)(C)C)nc2)CC1. The first-order chi connectivity index (χ1) is 10.1. The molecule has 2 rings (SSSR count). The fourth-order valence-electron chi connectivity index (χ4n) is 2.67. The molecule has 1 saturated heterocycles. The van der Waals surface area contributed by atoms with Crippen molar-refractivity contribution < 1.29 is 8.42 Å². The standard InChI is InChI=1S/C16H27N3O2S/c1-16(2,3)22(20,21)15-7-6-14(12-17-15)19-10-8-13(9-11-19)18(4)5/h6-7,12-13H,8-11H2,1-5H3. The van der Waals surface area contributed by atoms with E-state index >= 15 is 0 Å². The summed E-state index contributed by atoms with van der Waals surface area (Å²) in [5.41, 5.74) is 1.00. The molecule has 2 heterocycles. The number of rotatable bonds is 3. The number of pyridine rings is 1. The third kappa shape index (κ3) is 3.43. The van der Waals surface area contributed by atoms with Crippen LogP contribution in [0.4, 0.5) is 5.69 Å². The topological polar surface area (TPSA) is 53.5 Å². The number of anilines is 1. The highest BCUT2D eigenvalue weighted by atomic mass is 32.2. The normalized spacial score (nSPS) is 18.0. The highest BCUT2D eigenvalue weighted by molar-refractivity contribution is 7.92. The molecular weight excluding hydrogens is 298 g/mol. The van der Waals surface area contributed by atoms with Gasteiger partial charge in [0.15, 0.2) is 14.9 Å². The minimum absolute atomic E-state index is 0.159. The molecule has 1 fully saturated rings. The van der Waals surface area contributed by atoms with Crippen LogP contribution in [0.3, 0.4) is 0 Å². The van der Waals surface area contributed by atoms with Gasteiger partial charge in [-0.3, -0.25) is 0 Å². The van der Waals surface area contributed by atoms with E-state index in [1.807, 2.05) is 6.07 Å². The van der Waals surface area contributed by atoms with Gasteiger partial charge in [-0.15, -0.1) is 0 Å². The molecule has 5 nitrogen and oxygen atoms in total. The van der Waals surface area contributed by atoms with Gasteiger partial charge in [0, 0.05) is 19.1 Å². The van der Waals surface area contributed by atoms with Gasteiger partial charge in [-0.25, -0.2) is 13.4 Å². The van der Waals surface area contributed by atoms with Gasteiger partial charge >= 0.3 is 0 Å². The summed E-state index contributed by atoms with van der Waals surface area (Å²) in [5, 5.41) is 0.159. The van der Waals surface area contributed by atoms with Crippen molar-refractivity contribution in [1.29, 1.82) is 0 Å². The summed E-state index contributed by atoms with van der Waals surface area (Å²) in [7, 11) is 0.858. The van der Waals surface area contributed by atoms with Gasteiger partial charge in [-0.05, 0) is 59.8 Å². The van der Waals surface area contributed by atoms with E-state index in [1.54, 1.807) is 33.0 Å². The highest BCUT2D eigenvalue weighted by Crippen LogP contribution is 2.26. The maximum Gasteiger partial charge on any atom is 0.200 e. The lowest BCUT2D eigenvalue weighted by atomic mass is 10.0. The quantitative estimate of drug-likeness (QED) is 0.852. The van der Waals surface area contributed by atoms with Gasteiger partial charge in [-0.2, -0.15) is 0 Å². The Morgan fingerprint density at radius 2 is 1.77 bits per heavy atom. The van der Waals surface area contributed by atoms with Crippen LogP contribution in [-0.4, -0.2) is 56.3 Å². The van der Waals surface area contributed by atoms with Crippen LogP contribution in [0.5, 0.6) is 0 Å². The Labute approximate surface area is 134 Å². The molecule has 0 saturated carbocycles. The minimum Gasteiger partial charge on any atom is -0.370 e. The molecular formula is C16H27N3O2S. The first-order valence-electron chi connectivity index (χ1n) is 7.75. The number of hydrogen-bond acceptors (Lipinski definition) is 5. The van der Waals surface area contributed by atoms with Crippen LogP contribution in [-0.2, 0) is 9.84 Å². The van der Waals surface area contributed by atoms with E-state index in [1.165, 1.54) is 0 Å². The van der Waals surface area contributed by atoms with E-state index in [2.05, 4.69) is 28.9 Å². The van der Waals surface area contributed by atoms with Crippen molar-refractivity contribution in [3.63, 3.8) is 0 Å². The third-order valence-corrected chi connectivity index (χ3v) is 6.77. The molecule has 0 spiro atoms. The van der Waals surface area contributed by atoms with Gasteiger partial charge < -0.3 is 9.80 Å². The van der Waals surface area contributed by atoms with Gasteiger partial charge in [0.25, 0.3) is 0 Å². The Kier molecular flexibility index (Phi) is 4.82. The van der Waals surface area contributed by atoms with E-state index in [-0.39, 0.29) is 5.03 Å². The molecule has 0 aliphatic carbocycles. The molecule has 0 aromatic carbocycles. The van der Waals surface area contributed by atoms with Crippen molar-refractivity contribution >= 4 is 15.5 Å². The maximum absolute atomic E-state index is 12.4. The molecule has 1 aromatic rings. The fourth-order valence-corrected chi connectivity index (χ4v) is 3.74. The molecule has 1 aliphatic rings. The van der Waals surface area contributed by atoms with Crippen molar-refractivity contribution in [3.05, 3.63) is 18.3 Å². The van der Waals surface area contributed by atoms with Gasteiger partial charge in [-0.1, -0.05) is 0 Å². The highest BCUT2D eigenvalue weighted by Gasteiger charge is 2.32. The Morgan fingerprint density at radius 3 is 2.18 bits per heavy atom. The molecule has 1 aromatic heterocycles. The first-order valence-corrected chi connectivity index (χ1v) is 9.23. The van der Waals surface area contributed by atoms with E-state index < -0.39 is 14.6 Å². The Bertz CT molecular complexity index is 595. The molecule has 22 heavy (non-hydrogen) atoms. The first kappa shape index (κ1) is 17.2. The smallest absolute Gasteiger partial charge is 0.200 e. The second-order valence-electron chi connectivity index (χ2n) is 7.15. The van der Waals surface area contributed by atoms with Crippen LogP contribution in [0.25, 0.3) is 0 Å². The number of piperidine rings is 1. The zero-order valence-corrected chi connectivity index (χ0v) is 15.0. The van der Waals surface area contributed by atoms with E-state index in [4.69, 9.17) is 0 Å². The summed E-state index contributed by atoms with van der Waals surface area (Å²) in [6, 6.07) is 4.14. The molecule has 0 unspecified atom stereocenters.